The van der Waals surface area contributed by atoms with E-state index >= 15 is 0 Å². The summed E-state index contributed by atoms with van der Waals surface area (Å²) in [6.45, 7) is 10.4. The van der Waals surface area contributed by atoms with E-state index in [4.69, 9.17) is 15.1 Å². The van der Waals surface area contributed by atoms with E-state index in [1.807, 2.05) is 6.07 Å². The number of nitrogens with zero attached hydrogens (tertiary/aromatic N) is 3. The molecule has 2 aliphatic rings. The Labute approximate surface area is 179 Å². The summed E-state index contributed by atoms with van der Waals surface area (Å²) in [6.07, 6.45) is 7.23. The number of oxazole rings is 1. The largest absolute Gasteiger partial charge is 0.423 e. The van der Waals surface area contributed by atoms with Crippen molar-refractivity contribution in [3.8, 4) is 0 Å². The van der Waals surface area contributed by atoms with Gasteiger partial charge in [0.2, 0.25) is 5.91 Å². The molecular formula is C24H36N4O2. The molecule has 1 unspecified atom stereocenters. The van der Waals surface area contributed by atoms with Gasteiger partial charge in [-0.25, -0.2) is 0 Å². The molecule has 0 saturated carbocycles. The first-order chi connectivity index (χ1) is 14.3. The second-order valence-corrected chi connectivity index (χ2v) is 9.52. The number of nitrogens with two attached hydrogens (primary N) is 1. The summed E-state index contributed by atoms with van der Waals surface area (Å²) in [6, 6.07) is 5.73. The smallest absolute Gasteiger partial charge is 0.299 e. The summed E-state index contributed by atoms with van der Waals surface area (Å²) >= 11 is 0. The number of primary amides is 1. The fraction of sp³-hybridized carbons (Fsp3) is 0.667. The Morgan fingerprint density at radius 3 is 2.57 bits per heavy atom. The quantitative estimate of drug-likeness (QED) is 0.792. The highest BCUT2D eigenvalue weighted by atomic mass is 16.4. The van der Waals surface area contributed by atoms with E-state index < -0.39 is 5.54 Å². The number of aryl methyl sites for hydroxylation is 2. The molecule has 0 spiro atoms. The van der Waals surface area contributed by atoms with Crippen LogP contribution in [0.25, 0.3) is 11.1 Å². The van der Waals surface area contributed by atoms with Crippen molar-refractivity contribution >= 4 is 23.0 Å². The average molecular weight is 413 g/mol. The van der Waals surface area contributed by atoms with Gasteiger partial charge in [-0.2, -0.15) is 4.98 Å². The molecule has 2 aliphatic heterocycles. The Hall–Kier alpha value is -2.08. The molecule has 2 fully saturated rings. The van der Waals surface area contributed by atoms with Gasteiger partial charge in [-0.1, -0.05) is 6.42 Å². The molecule has 3 atom stereocenters. The molecule has 4 rings (SSSR count). The second-order valence-electron chi connectivity index (χ2n) is 9.52. The summed E-state index contributed by atoms with van der Waals surface area (Å²) in [5, 5.41) is 0. The lowest BCUT2D eigenvalue weighted by Crippen LogP contribution is -2.62. The van der Waals surface area contributed by atoms with Crippen LogP contribution in [0.2, 0.25) is 0 Å². The highest BCUT2D eigenvalue weighted by Gasteiger charge is 2.46. The number of aromatic nitrogens is 1. The predicted molar refractivity (Wildman–Crippen MR) is 121 cm³/mol. The van der Waals surface area contributed by atoms with Crippen LogP contribution in [0, 0.1) is 13.8 Å². The number of hydrogen-bond acceptors (Lipinski definition) is 5. The zero-order valence-corrected chi connectivity index (χ0v) is 18.9. The van der Waals surface area contributed by atoms with Gasteiger partial charge in [0.15, 0.2) is 5.58 Å². The normalized spacial score (nSPS) is 28.2. The van der Waals surface area contributed by atoms with Crippen LogP contribution >= 0.6 is 0 Å². The van der Waals surface area contributed by atoms with Gasteiger partial charge in [-0.15, -0.1) is 0 Å². The van der Waals surface area contributed by atoms with E-state index in [1.54, 1.807) is 0 Å². The summed E-state index contributed by atoms with van der Waals surface area (Å²) in [4.78, 5) is 22.3. The van der Waals surface area contributed by atoms with Gasteiger partial charge in [-0.05, 0) is 89.5 Å². The molecule has 1 aromatic heterocycles. The first-order valence-electron chi connectivity index (χ1n) is 11.5. The van der Waals surface area contributed by atoms with Gasteiger partial charge in [-0.3, -0.25) is 9.69 Å². The first kappa shape index (κ1) is 21.2. The van der Waals surface area contributed by atoms with Crippen LogP contribution in [0.1, 0.15) is 69.9 Å². The second kappa shape index (κ2) is 8.22. The minimum Gasteiger partial charge on any atom is -0.423 e. The van der Waals surface area contributed by atoms with Crippen molar-refractivity contribution in [1.82, 2.24) is 9.88 Å². The van der Waals surface area contributed by atoms with Crippen molar-refractivity contribution in [2.45, 2.75) is 90.3 Å². The number of anilines is 1. The zero-order valence-electron chi connectivity index (χ0n) is 18.9. The van der Waals surface area contributed by atoms with Crippen LogP contribution in [-0.2, 0) is 4.79 Å². The molecule has 6 nitrogen and oxygen atoms in total. The van der Waals surface area contributed by atoms with Crippen molar-refractivity contribution < 1.29 is 9.21 Å². The molecule has 2 aromatic rings. The van der Waals surface area contributed by atoms with Crippen LogP contribution in [-0.4, -0.2) is 46.5 Å². The van der Waals surface area contributed by atoms with Crippen molar-refractivity contribution in [1.29, 1.82) is 0 Å². The fourth-order valence-corrected chi connectivity index (χ4v) is 5.47. The lowest BCUT2D eigenvalue weighted by atomic mass is 9.82. The van der Waals surface area contributed by atoms with Crippen molar-refractivity contribution in [3.63, 3.8) is 0 Å². The van der Waals surface area contributed by atoms with E-state index in [2.05, 4.69) is 43.6 Å². The molecule has 30 heavy (non-hydrogen) atoms. The summed E-state index contributed by atoms with van der Waals surface area (Å²) < 4.78 is 6.18. The number of benzene rings is 1. The molecule has 164 valence electrons. The van der Waals surface area contributed by atoms with Gasteiger partial charge in [0.05, 0.1) is 0 Å². The van der Waals surface area contributed by atoms with Gasteiger partial charge in [0.1, 0.15) is 11.1 Å². The van der Waals surface area contributed by atoms with Crippen molar-refractivity contribution in [2.24, 2.45) is 5.73 Å². The maximum atomic E-state index is 12.9. The van der Waals surface area contributed by atoms with Crippen molar-refractivity contribution in [3.05, 3.63) is 23.3 Å². The number of rotatable bonds is 5. The highest BCUT2D eigenvalue weighted by molar-refractivity contribution is 5.89. The lowest BCUT2D eigenvalue weighted by Gasteiger charge is -2.46. The van der Waals surface area contributed by atoms with E-state index in [0.29, 0.717) is 24.5 Å². The number of carbonyl (C=O) groups is 1. The topological polar surface area (TPSA) is 75.6 Å². The summed E-state index contributed by atoms with van der Waals surface area (Å²) in [5.41, 5.74) is 9.34. The maximum absolute atomic E-state index is 12.9. The van der Waals surface area contributed by atoms with Gasteiger partial charge in [0, 0.05) is 25.2 Å². The molecule has 2 N–H and O–H groups in total. The molecule has 0 bridgehead atoms. The number of likely N-dealkylation sites (tertiary alicyclic amines) is 1. The molecule has 3 heterocycles. The van der Waals surface area contributed by atoms with E-state index in [1.165, 1.54) is 30.4 Å². The van der Waals surface area contributed by atoms with Crippen LogP contribution in [0.4, 0.5) is 6.01 Å². The average Bonchev–Trinajstić information content (AvgIpc) is 3.10. The van der Waals surface area contributed by atoms with Gasteiger partial charge >= 0.3 is 0 Å². The van der Waals surface area contributed by atoms with Gasteiger partial charge < -0.3 is 15.1 Å². The third-order valence-corrected chi connectivity index (χ3v) is 7.58. The Kier molecular flexibility index (Phi) is 5.80. The monoisotopic (exact) mass is 412 g/mol. The Morgan fingerprint density at radius 1 is 1.17 bits per heavy atom. The van der Waals surface area contributed by atoms with Crippen LogP contribution in [0.15, 0.2) is 16.5 Å². The van der Waals surface area contributed by atoms with Crippen LogP contribution < -0.4 is 10.6 Å². The number of hydrogen-bond donors (Lipinski definition) is 1. The minimum atomic E-state index is -0.736. The summed E-state index contributed by atoms with van der Waals surface area (Å²) in [7, 11) is 0. The molecule has 2 saturated heterocycles. The van der Waals surface area contributed by atoms with E-state index in [0.717, 1.165) is 43.5 Å². The molecule has 0 radical (unpaired) electrons. The molecule has 1 amide bonds. The maximum Gasteiger partial charge on any atom is 0.299 e. The highest BCUT2D eigenvalue weighted by Crippen LogP contribution is 2.38. The number of amides is 1. The fourth-order valence-electron chi connectivity index (χ4n) is 5.47. The SMILES string of the molecule is Cc1cc2nc(N3CCCCC3(CCN3[C@H](C)CCC[C@@H]3C)C(N)=O)oc2cc1C. The first-order valence-corrected chi connectivity index (χ1v) is 11.5. The van der Waals surface area contributed by atoms with E-state index in [9.17, 15) is 4.79 Å². The number of carbonyl (C=O) groups excluding carboxylic acids is 1. The minimum absolute atomic E-state index is 0.255. The Bertz CT molecular complexity index is 874. The van der Waals surface area contributed by atoms with E-state index in [-0.39, 0.29) is 5.91 Å². The third-order valence-electron chi connectivity index (χ3n) is 7.58. The zero-order chi connectivity index (χ0) is 21.5. The summed E-state index contributed by atoms with van der Waals surface area (Å²) in [5.74, 6) is -0.255. The van der Waals surface area contributed by atoms with Crippen LogP contribution in [0.5, 0.6) is 0 Å². The lowest BCUT2D eigenvalue weighted by molar-refractivity contribution is -0.124. The third kappa shape index (κ3) is 3.70. The molecular weight excluding hydrogens is 376 g/mol. The Balaban J connectivity index is 1.65. The molecule has 6 heteroatoms. The number of piperidine rings is 2. The Morgan fingerprint density at radius 2 is 1.87 bits per heavy atom. The predicted octanol–water partition coefficient (Wildman–Crippen LogP) is 4.31. The molecule has 1 aromatic carbocycles. The van der Waals surface area contributed by atoms with Gasteiger partial charge in [0.25, 0.3) is 6.01 Å². The standard InChI is InChI=1S/C24H36N4O2/c1-16-14-20-21(15-17(16)2)30-23(26-20)28-12-6-5-10-24(28,22(25)29)11-13-27-18(3)8-7-9-19(27)4/h14-15,18-19H,5-13H2,1-4H3,(H2,25,29)/t18-,19+,24?. The molecule has 0 aliphatic carbocycles. The number of fused-ring (bicyclic) bond motifs is 1. The van der Waals surface area contributed by atoms with Crippen LogP contribution in [0.3, 0.4) is 0 Å². The van der Waals surface area contributed by atoms with Crippen molar-refractivity contribution in [2.75, 3.05) is 18.0 Å².